The molecule has 5 fully saturated rings. The van der Waals surface area contributed by atoms with E-state index in [-0.39, 0.29) is 43.0 Å². The summed E-state index contributed by atoms with van der Waals surface area (Å²) in [6, 6.07) is 0. The van der Waals surface area contributed by atoms with E-state index in [4.69, 9.17) is 14.2 Å². The molecule has 0 aromatic heterocycles. The van der Waals surface area contributed by atoms with Crippen LogP contribution in [0, 0.1) is 29.1 Å². The standard InChI is InChI=1S/C28H40O9/c1-14(23(32)16-5-8-21(30)35-16)15-11-19(29)28(34)18-7-6-17-24(2,3)36-20-12-22(31)37-27(17,20)13-26(18,33)10-9-25(15,28)4/h5,8,14-20,23,29,32-34H,6-7,9-13H2,1-4H3/t14-,15+,16-,17-,18+,19-,20+,23-,25+,26-,27+,28+/m1/s1. The van der Waals surface area contributed by atoms with Crippen molar-refractivity contribution in [2.24, 2.45) is 29.1 Å². The molecule has 206 valence electrons. The van der Waals surface area contributed by atoms with Gasteiger partial charge in [-0.15, -0.1) is 0 Å². The summed E-state index contributed by atoms with van der Waals surface area (Å²) in [4.78, 5) is 24.0. The van der Waals surface area contributed by atoms with Gasteiger partial charge in [0.25, 0.3) is 0 Å². The molecule has 9 heteroatoms. The number of fused-ring (bicyclic) bond motifs is 3. The summed E-state index contributed by atoms with van der Waals surface area (Å²) in [5, 5.41) is 47.3. The van der Waals surface area contributed by atoms with Crippen LogP contribution >= 0.6 is 0 Å². The number of rotatable bonds is 3. The van der Waals surface area contributed by atoms with Gasteiger partial charge in [-0.05, 0) is 63.9 Å². The molecule has 9 nitrogen and oxygen atoms in total. The molecule has 0 bridgehead atoms. The molecule has 3 aliphatic carbocycles. The topological polar surface area (TPSA) is 143 Å². The van der Waals surface area contributed by atoms with Crippen LogP contribution in [-0.4, -0.2) is 79.2 Å². The lowest BCUT2D eigenvalue weighted by atomic mass is 9.50. The molecule has 3 saturated carbocycles. The first-order chi connectivity index (χ1) is 17.2. The molecule has 6 aliphatic rings. The predicted molar refractivity (Wildman–Crippen MR) is 129 cm³/mol. The van der Waals surface area contributed by atoms with Crippen LogP contribution in [0.25, 0.3) is 0 Å². The van der Waals surface area contributed by atoms with Crippen LogP contribution < -0.4 is 0 Å². The Labute approximate surface area is 217 Å². The van der Waals surface area contributed by atoms with Crippen molar-refractivity contribution >= 4 is 11.9 Å². The number of hydrogen-bond acceptors (Lipinski definition) is 9. The average Bonchev–Trinajstić information content (AvgIpc) is 3.44. The van der Waals surface area contributed by atoms with Crippen molar-refractivity contribution in [1.82, 2.24) is 0 Å². The summed E-state index contributed by atoms with van der Waals surface area (Å²) in [6.45, 7) is 7.83. The van der Waals surface area contributed by atoms with E-state index in [9.17, 15) is 30.0 Å². The third-order valence-electron chi connectivity index (χ3n) is 11.6. The molecular formula is C28H40O9. The molecule has 6 rings (SSSR count). The van der Waals surface area contributed by atoms with Crippen molar-refractivity contribution in [3.63, 3.8) is 0 Å². The highest BCUT2D eigenvalue weighted by Gasteiger charge is 2.76. The monoisotopic (exact) mass is 520 g/mol. The van der Waals surface area contributed by atoms with Crippen LogP contribution in [-0.2, 0) is 23.8 Å². The van der Waals surface area contributed by atoms with Gasteiger partial charge in [-0.3, -0.25) is 4.79 Å². The minimum Gasteiger partial charge on any atom is -0.456 e. The highest BCUT2D eigenvalue weighted by molar-refractivity contribution is 5.84. The second-order valence-corrected chi connectivity index (χ2v) is 13.5. The van der Waals surface area contributed by atoms with Gasteiger partial charge in [0, 0.05) is 29.7 Å². The first-order valence-corrected chi connectivity index (χ1v) is 13.8. The van der Waals surface area contributed by atoms with Gasteiger partial charge in [0.05, 0.1) is 29.8 Å². The maximum absolute atomic E-state index is 12.5. The van der Waals surface area contributed by atoms with Gasteiger partial charge in [-0.2, -0.15) is 0 Å². The van der Waals surface area contributed by atoms with Gasteiger partial charge in [0.2, 0.25) is 0 Å². The quantitative estimate of drug-likeness (QED) is 0.406. The summed E-state index contributed by atoms with van der Waals surface area (Å²) in [6.07, 6.45) is 2.01. The summed E-state index contributed by atoms with van der Waals surface area (Å²) in [5.74, 6) is -2.23. The lowest BCUT2D eigenvalue weighted by molar-refractivity contribution is -0.254. The van der Waals surface area contributed by atoms with Crippen LogP contribution in [0.4, 0.5) is 0 Å². The van der Waals surface area contributed by atoms with Gasteiger partial charge in [0.1, 0.15) is 23.4 Å². The SMILES string of the molecule is C[C@@H]([C@@H](O)[C@H]1C=CC(=O)O1)[C@@H]1C[C@@H](O)[C@@]2(O)[C@H]3CC[C@@H]4C(C)(C)O[C@H]5CC(=O)O[C@]54C[C@]3(O)CC[C@@]12C. The van der Waals surface area contributed by atoms with Crippen LogP contribution in [0.2, 0.25) is 0 Å². The van der Waals surface area contributed by atoms with Crippen LogP contribution in [0.15, 0.2) is 12.2 Å². The summed E-state index contributed by atoms with van der Waals surface area (Å²) >= 11 is 0. The Morgan fingerprint density at radius 1 is 1.08 bits per heavy atom. The number of cyclic esters (lactones) is 1. The Kier molecular flexibility index (Phi) is 5.41. The van der Waals surface area contributed by atoms with Crippen molar-refractivity contribution in [2.75, 3.05) is 0 Å². The number of ether oxygens (including phenoxy) is 3. The van der Waals surface area contributed by atoms with E-state index >= 15 is 0 Å². The highest BCUT2D eigenvalue weighted by atomic mass is 16.6. The van der Waals surface area contributed by atoms with Crippen LogP contribution in [0.1, 0.15) is 72.6 Å². The number of esters is 2. The number of carbonyl (C=O) groups excluding carboxylic acids is 2. The van der Waals surface area contributed by atoms with Crippen molar-refractivity contribution in [3.8, 4) is 0 Å². The van der Waals surface area contributed by atoms with Gasteiger partial charge < -0.3 is 34.6 Å². The van der Waals surface area contributed by atoms with Gasteiger partial charge in [-0.25, -0.2) is 4.79 Å². The van der Waals surface area contributed by atoms with Crippen molar-refractivity contribution in [2.45, 2.75) is 119 Å². The van der Waals surface area contributed by atoms with E-state index in [1.165, 1.54) is 6.08 Å². The van der Waals surface area contributed by atoms with E-state index in [1.54, 1.807) is 6.08 Å². The molecule has 3 aliphatic heterocycles. The molecule has 0 aromatic carbocycles. The zero-order valence-electron chi connectivity index (χ0n) is 22.1. The Bertz CT molecular complexity index is 1040. The Morgan fingerprint density at radius 3 is 2.46 bits per heavy atom. The van der Waals surface area contributed by atoms with Crippen LogP contribution in [0.3, 0.4) is 0 Å². The van der Waals surface area contributed by atoms with Crippen molar-refractivity contribution in [3.05, 3.63) is 12.2 Å². The molecular weight excluding hydrogens is 480 g/mol. The fourth-order valence-corrected chi connectivity index (χ4v) is 9.83. The zero-order valence-corrected chi connectivity index (χ0v) is 22.1. The van der Waals surface area contributed by atoms with Gasteiger partial charge >= 0.3 is 11.9 Å². The van der Waals surface area contributed by atoms with Gasteiger partial charge in [-0.1, -0.05) is 13.8 Å². The third-order valence-corrected chi connectivity index (χ3v) is 11.6. The first-order valence-electron chi connectivity index (χ1n) is 13.8. The molecule has 0 aromatic rings. The largest absolute Gasteiger partial charge is 0.456 e. The van der Waals surface area contributed by atoms with Crippen LogP contribution in [0.5, 0.6) is 0 Å². The zero-order chi connectivity index (χ0) is 26.8. The minimum absolute atomic E-state index is 0.139. The fourth-order valence-electron chi connectivity index (χ4n) is 9.83. The summed E-state index contributed by atoms with van der Waals surface area (Å²) < 4.78 is 17.6. The number of hydrogen-bond donors (Lipinski definition) is 4. The van der Waals surface area contributed by atoms with E-state index in [1.807, 2.05) is 27.7 Å². The highest BCUT2D eigenvalue weighted by Crippen LogP contribution is 2.69. The molecule has 1 spiro atoms. The molecule has 0 amide bonds. The summed E-state index contributed by atoms with van der Waals surface area (Å²) in [7, 11) is 0. The normalized spacial score (nSPS) is 53.4. The second-order valence-electron chi connectivity index (χ2n) is 13.5. The maximum atomic E-state index is 12.5. The van der Waals surface area contributed by atoms with Gasteiger partial charge in [0.15, 0.2) is 0 Å². The predicted octanol–water partition coefficient (Wildman–Crippen LogP) is 1.39. The number of aliphatic hydroxyl groups is 4. The molecule has 3 heterocycles. The Hall–Kier alpha value is -1.52. The number of aliphatic hydroxyl groups excluding tert-OH is 2. The fraction of sp³-hybridized carbons (Fsp3) is 0.857. The van der Waals surface area contributed by atoms with E-state index in [2.05, 4.69) is 0 Å². The lowest BCUT2D eigenvalue weighted by Gasteiger charge is -2.59. The maximum Gasteiger partial charge on any atom is 0.331 e. The van der Waals surface area contributed by atoms with E-state index in [0.717, 1.165) is 0 Å². The van der Waals surface area contributed by atoms with E-state index in [0.29, 0.717) is 25.7 Å². The first kappa shape index (κ1) is 25.7. The molecule has 2 saturated heterocycles. The van der Waals surface area contributed by atoms with Crippen molar-refractivity contribution in [1.29, 1.82) is 0 Å². The third kappa shape index (κ3) is 3.21. The average molecular weight is 521 g/mol. The Morgan fingerprint density at radius 2 is 1.78 bits per heavy atom. The van der Waals surface area contributed by atoms with Crippen molar-refractivity contribution < 1.29 is 44.2 Å². The lowest BCUT2D eigenvalue weighted by Crippen LogP contribution is -2.67. The summed E-state index contributed by atoms with van der Waals surface area (Å²) in [5.41, 5.74) is -5.23. The molecule has 37 heavy (non-hydrogen) atoms. The second kappa shape index (κ2) is 7.78. The minimum atomic E-state index is -1.60. The number of carbonyl (C=O) groups is 2. The van der Waals surface area contributed by atoms with E-state index < -0.39 is 64.1 Å². The smallest absolute Gasteiger partial charge is 0.331 e. The molecule has 0 unspecified atom stereocenters. The Balaban J connectivity index is 1.34. The molecule has 4 N–H and O–H groups in total. The molecule has 0 radical (unpaired) electrons. The molecule has 12 atom stereocenters.